The van der Waals surface area contributed by atoms with Crippen LogP contribution in [0, 0.1) is 0 Å². The Morgan fingerprint density at radius 3 is 2.50 bits per heavy atom. The van der Waals surface area contributed by atoms with E-state index in [1.165, 1.54) is 0 Å². The average Bonchev–Trinajstić information content (AvgIpc) is 2.99. The van der Waals surface area contributed by atoms with Crippen LogP contribution in [0.3, 0.4) is 0 Å². The van der Waals surface area contributed by atoms with E-state index in [1.54, 1.807) is 17.3 Å². The van der Waals surface area contributed by atoms with Crippen LogP contribution in [0.5, 0.6) is 0 Å². The lowest BCUT2D eigenvalue weighted by Crippen LogP contribution is -2.38. The Morgan fingerprint density at radius 2 is 1.75 bits per heavy atom. The molecule has 5 nitrogen and oxygen atoms in total. The number of benzene rings is 2. The molecule has 160 valence electrons. The van der Waals surface area contributed by atoms with E-state index in [1.807, 2.05) is 61.5 Å². The standard InChI is InChI=1S/C27H25N3O2/c1-2-25(32)30-23-13-7-6-12-21(23)29-22-15-20(18-9-4-3-5-10-18)16-24(31)26(22)27(30)19-11-8-14-28-17-19/h3-14,17,20,27,29H,2,15-16H2,1H3. The Hall–Kier alpha value is -3.73. The molecule has 2 unspecified atom stereocenters. The second kappa shape index (κ2) is 8.42. The zero-order valence-electron chi connectivity index (χ0n) is 18.0. The number of nitrogens with zero attached hydrogens (tertiary/aromatic N) is 2. The summed E-state index contributed by atoms with van der Waals surface area (Å²) in [7, 11) is 0. The fraction of sp³-hybridized carbons (Fsp3) is 0.222. The van der Waals surface area contributed by atoms with Crippen molar-refractivity contribution >= 4 is 23.1 Å². The Labute approximate surface area is 187 Å². The number of anilines is 2. The molecule has 32 heavy (non-hydrogen) atoms. The lowest BCUT2D eigenvalue weighted by Gasteiger charge is -2.34. The van der Waals surface area contributed by atoms with Crippen LogP contribution in [-0.2, 0) is 9.59 Å². The van der Waals surface area contributed by atoms with Gasteiger partial charge in [-0.05, 0) is 41.7 Å². The van der Waals surface area contributed by atoms with Gasteiger partial charge in [0.25, 0.3) is 0 Å². The quantitative estimate of drug-likeness (QED) is 0.613. The second-order valence-electron chi connectivity index (χ2n) is 8.28. The van der Waals surface area contributed by atoms with Crippen molar-refractivity contribution in [3.05, 3.63) is 102 Å². The molecule has 0 saturated carbocycles. The molecule has 3 aromatic rings. The third-order valence-electron chi connectivity index (χ3n) is 6.33. The van der Waals surface area contributed by atoms with Crippen LogP contribution >= 0.6 is 0 Å². The van der Waals surface area contributed by atoms with Gasteiger partial charge in [0.2, 0.25) is 5.91 Å². The number of fused-ring (bicyclic) bond motifs is 1. The molecule has 0 saturated heterocycles. The SMILES string of the molecule is CCC(=O)N1c2ccccc2NC2=C(C(=O)CC(c3ccccc3)C2)C1c1cccnc1. The number of rotatable bonds is 3. The van der Waals surface area contributed by atoms with Gasteiger partial charge in [-0.25, -0.2) is 0 Å². The number of allylic oxidation sites excluding steroid dienone is 1. The van der Waals surface area contributed by atoms with Crippen molar-refractivity contribution in [2.75, 3.05) is 10.2 Å². The van der Waals surface area contributed by atoms with Crippen molar-refractivity contribution in [3.63, 3.8) is 0 Å². The zero-order valence-corrected chi connectivity index (χ0v) is 18.0. The highest BCUT2D eigenvalue weighted by Gasteiger charge is 2.41. The summed E-state index contributed by atoms with van der Waals surface area (Å²) >= 11 is 0. The molecule has 1 aliphatic carbocycles. The molecular weight excluding hydrogens is 398 g/mol. The van der Waals surface area contributed by atoms with Crippen LogP contribution in [0.15, 0.2) is 90.4 Å². The molecule has 2 aromatic carbocycles. The van der Waals surface area contributed by atoms with E-state index in [-0.39, 0.29) is 17.6 Å². The molecule has 2 atom stereocenters. The third kappa shape index (κ3) is 3.50. The van der Waals surface area contributed by atoms with Crippen molar-refractivity contribution in [2.45, 2.75) is 38.1 Å². The molecule has 0 spiro atoms. The fourth-order valence-electron chi connectivity index (χ4n) is 4.85. The Balaban J connectivity index is 1.71. The number of carbonyl (C=O) groups excluding carboxylic acids is 2. The minimum absolute atomic E-state index is 0.0279. The first-order valence-corrected chi connectivity index (χ1v) is 11.1. The average molecular weight is 424 g/mol. The second-order valence-corrected chi connectivity index (χ2v) is 8.28. The number of hydrogen-bond acceptors (Lipinski definition) is 4. The minimum atomic E-state index is -0.508. The molecule has 0 radical (unpaired) electrons. The van der Waals surface area contributed by atoms with Gasteiger partial charge in [-0.3, -0.25) is 19.5 Å². The first kappa shape index (κ1) is 20.2. The number of nitrogens with one attached hydrogen (secondary N) is 1. The monoisotopic (exact) mass is 423 g/mol. The van der Waals surface area contributed by atoms with Gasteiger partial charge in [0.15, 0.2) is 5.78 Å². The summed E-state index contributed by atoms with van der Waals surface area (Å²) in [4.78, 5) is 33.1. The van der Waals surface area contributed by atoms with Crippen molar-refractivity contribution in [1.82, 2.24) is 4.98 Å². The van der Waals surface area contributed by atoms with Crippen molar-refractivity contribution in [2.24, 2.45) is 0 Å². The number of hydrogen-bond donors (Lipinski definition) is 1. The maximum absolute atomic E-state index is 13.7. The zero-order chi connectivity index (χ0) is 22.1. The number of ketones is 1. The number of carbonyl (C=O) groups is 2. The van der Waals surface area contributed by atoms with E-state index in [2.05, 4.69) is 22.4 Å². The third-order valence-corrected chi connectivity index (χ3v) is 6.33. The maximum atomic E-state index is 13.7. The van der Waals surface area contributed by atoms with E-state index in [9.17, 15) is 9.59 Å². The van der Waals surface area contributed by atoms with Gasteiger partial charge in [-0.15, -0.1) is 0 Å². The highest BCUT2D eigenvalue weighted by Crippen LogP contribution is 2.47. The number of amides is 1. The predicted octanol–water partition coefficient (Wildman–Crippen LogP) is 5.39. The number of para-hydroxylation sites is 2. The van der Waals surface area contributed by atoms with Gasteiger partial charge in [0, 0.05) is 36.5 Å². The van der Waals surface area contributed by atoms with Gasteiger partial charge in [-0.2, -0.15) is 0 Å². The van der Waals surface area contributed by atoms with E-state index < -0.39 is 6.04 Å². The van der Waals surface area contributed by atoms with Crippen LogP contribution in [0.25, 0.3) is 0 Å². The largest absolute Gasteiger partial charge is 0.357 e. The van der Waals surface area contributed by atoms with Crippen LogP contribution in [0.4, 0.5) is 11.4 Å². The summed E-state index contributed by atoms with van der Waals surface area (Å²) in [5, 5.41) is 3.54. The van der Waals surface area contributed by atoms with E-state index in [4.69, 9.17) is 0 Å². The molecule has 2 aliphatic rings. The summed E-state index contributed by atoms with van der Waals surface area (Å²) in [5.41, 5.74) is 5.19. The van der Waals surface area contributed by atoms with Gasteiger partial charge >= 0.3 is 0 Å². The Morgan fingerprint density at radius 1 is 1.00 bits per heavy atom. The molecule has 5 heteroatoms. The number of aromatic nitrogens is 1. The van der Waals surface area contributed by atoms with E-state index in [0.717, 1.165) is 28.2 Å². The molecule has 0 fully saturated rings. The topological polar surface area (TPSA) is 62.3 Å². The molecule has 2 heterocycles. The summed E-state index contributed by atoms with van der Waals surface area (Å²) in [6, 6.07) is 21.3. The highest BCUT2D eigenvalue weighted by molar-refractivity contribution is 6.06. The lowest BCUT2D eigenvalue weighted by atomic mass is 9.78. The number of pyridine rings is 1. The van der Waals surface area contributed by atoms with Crippen molar-refractivity contribution < 1.29 is 9.59 Å². The lowest BCUT2D eigenvalue weighted by molar-refractivity contribution is -0.119. The van der Waals surface area contributed by atoms with Crippen LogP contribution in [0.1, 0.15) is 49.3 Å². The van der Waals surface area contributed by atoms with Gasteiger partial charge < -0.3 is 5.32 Å². The van der Waals surface area contributed by atoms with E-state index >= 15 is 0 Å². The maximum Gasteiger partial charge on any atom is 0.227 e. The Bertz CT molecular complexity index is 1190. The molecule has 1 N–H and O–H groups in total. The first-order chi connectivity index (χ1) is 15.7. The van der Waals surface area contributed by atoms with Gasteiger partial charge in [-0.1, -0.05) is 55.5 Å². The molecule has 5 rings (SSSR count). The Kier molecular flexibility index (Phi) is 5.31. The number of Topliss-reactive ketones (excluding diaryl/α,β-unsaturated/α-hetero) is 1. The van der Waals surface area contributed by atoms with Crippen LogP contribution in [0.2, 0.25) is 0 Å². The molecule has 1 amide bonds. The predicted molar refractivity (Wildman–Crippen MR) is 125 cm³/mol. The summed E-state index contributed by atoms with van der Waals surface area (Å²) < 4.78 is 0. The highest BCUT2D eigenvalue weighted by atomic mass is 16.2. The fourth-order valence-corrected chi connectivity index (χ4v) is 4.85. The molecule has 1 aliphatic heterocycles. The molecule has 0 bridgehead atoms. The smallest absolute Gasteiger partial charge is 0.227 e. The van der Waals surface area contributed by atoms with E-state index in [0.29, 0.717) is 24.8 Å². The van der Waals surface area contributed by atoms with Crippen LogP contribution in [-0.4, -0.2) is 16.7 Å². The molecule has 1 aromatic heterocycles. The van der Waals surface area contributed by atoms with Crippen LogP contribution < -0.4 is 10.2 Å². The minimum Gasteiger partial charge on any atom is -0.357 e. The summed E-state index contributed by atoms with van der Waals surface area (Å²) in [5.74, 6) is 0.146. The summed E-state index contributed by atoms with van der Waals surface area (Å²) in [6.45, 7) is 1.85. The summed E-state index contributed by atoms with van der Waals surface area (Å²) in [6.07, 6.45) is 4.95. The van der Waals surface area contributed by atoms with Crippen molar-refractivity contribution in [1.29, 1.82) is 0 Å². The van der Waals surface area contributed by atoms with Crippen molar-refractivity contribution in [3.8, 4) is 0 Å². The van der Waals surface area contributed by atoms with Gasteiger partial charge in [0.05, 0.1) is 17.4 Å². The normalized spacial score (nSPS) is 20.2. The van der Waals surface area contributed by atoms with Gasteiger partial charge in [0.1, 0.15) is 0 Å². The molecular formula is C27H25N3O2. The first-order valence-electron chi connectivity index (χ1n) is 11.1.